The summed E-state index contributed by atoms with van der Waals surface area (Å²) >= 11 is 0. The van der Waals surface area contributed by atoms with Gasteiger partial charge in [0.25, 0.3) is 5.91 Å². The molecule has 5 rings (SSSR count). The highest BCUT2D eigenvalue weighted by Gasteiger charge is 2.29. The fourth-order valence-electron chi connectivity index (χ4n) is 4.84. The average Bonchev–Trinajstić information content (AvgIpc) is 3.39. The number of nitrogens with one attached hydrogen (secondary N) is 1. The number of fused-ring (bicyclic) bond motifs is 1. The first kappa shape index (κ1) is 24.5. The second kappa shape index (κ2) is 9.37. The summed E-state index contributed by atoms with van der Waals surface area (Å²) in [6, 6.07) is 6.75. The quantitative estimate of drug-likeness (QED) is 0.412. The molecule has 0 bridgehead atoms. The van der Waals surface area contributed by atoms with Gasteiger partial charge in [-0.05, 0) is 38.9 Å². The summed E-state index contributed by atoms with van der Waals surface area (Å²) < 4.78 is 46.8. The molecule has 8 nitrogen and oxygen atoms in total. The molecule has 3 heterocycles. The van der Waals surface area contributed by atoms with Crippen LogP contribution >= 0.6 is 0 Å². The third-order valence-corrected chi connectivity index (χ3v) is 6.82. The molecule has 0 aliphatic carbocycles. The van der Waals surface area contributed by atoms with Crippen molar-refractivity contribution in [1.82, 2.24) is 29.5 Å². The average molecular weight is 508 g/mol. The summed E-state index contributed by atoms with van der Waals surface area (Å²) in [5.41, 5.74) is 0.727. The Morgan fingerprint density at radius 2 is 1.97 bits per heavy atom. The van der Waals surface area contributed by atoms with E-state index in [-0.39, 0.29) is 51.3 Å². The first-order valence-corrected chi connectivity index (χ1v) is 11.8. The number of nitrogens with zero attached hydrogens (tertiary/aromatic N) is 6. The number of carbonyl (C=O) groups is 1. The van der Waals surface area contributed by atoms with Crippen molar-refractivity contribution in [2.24, 2.45) is 7.05 Å². The van der Waals surface area contributed by atoms with Crippen molar-refractivity contribution in [2.75, 3.05) is 20.1 Å². The number of amides is 1. The molecule has 1 aliphatic rings. The van der Waals surface area contributed by atoms with Crippen LogP contribution in [0.2, 0.25) is 0 Å². The van der Waals surface area contributed by atoms with Crippen molar-refractivity contribution < 1.29 is 18.0 Å². The summed E-state index contributed by atoms with van der Waals surface area (Å²) in [7, 11) is 3.22. The third kappa shape index (κ3) is 4.13. The molecular weight excluding hydrogens is 483 g/mol. The molecule has 2 aromatic carbocycles. The molecule has 1 N–H and O–H groups in total. The van der Waals surface area contributed by atoms with E-state index in [4.69, 9.17) is 6.57 Å². The number of piperidine rings is 1. The van der Waals surface area contributed by atoms with Gasteiger partial charge in [-0.3, -0.25) is 9.36 Å². The van der Waals surface area contributed by atoms with E-state index in [1.165, 1.54) is 35.9 Å². The Morgan fingerprint density at radius 3 is 2.68 bits per heavy atom. The fourth-order valence-corrected chi connectivity index (χ4v) is 4.84. The second-order valence-electron chi connectivity index (χ2n) is 9.10. The van der Waals surface area contributed by atoms with Gasteiger partial charge in [-0.15, -0.1) is 0 Å². The van der Waals surface area contributed by atoms with E-state index in [0.717, 1.165) is 23.6 Å². The van der Waals surface area contributed by atoms with Gasteiger partial charge in [0.1, 0.15) is 22.9 Å². The number of likely N-dealkylation sites (N-methyl/N-ethyl adjacent to an activating group) is 1. The van der Waals surface area contributed by atoms with Gasteiger partial charge in [-0.25, -0.2) is 23.3 Å². The number of benzene rings is 2. The number of imidazole rings is 1. The summed E-state index contributed by atoms with van der Waals surface area (Å²) in [4.78, 5) is 23.0. The Bertz CT molecular complexity index is 1580. The maximum Gasteiger partial charge on any atom is 0.274 e. The van der Waals surface area contributed by atoms with Gasteiger partial charge in [0.15, 0.2) is 5.82 Å². The SMILES string of the molecule is [C-]#[N+]c1ccc(-c2nc(C(=O)N3CCC[C@@H](NC)C3)c(C)n2-c2cc(F)c3nn(C)c(F)c3c2)cc1F. The van der Waals surface area contributed by atoms with E-state index in [9.17, 15) is 13.6 Å². The second-order valence-corrected chi connectivity index (χ2v) is 9.10. The standard InChI is InChI=1S/C26H24F3N7O/c1-14-22(26(37)35-9-5-6-16(13-35)30-2)32-25(15-7-8-21(31-3)19(27)10-15)36(14)17-11-18-23(20(28)12-17)33-34(4)24(18)29/h7-8,10-12,16,30H,5-6,9,13H2,1-2,4H3/t16-/m1/s1. The molecule has 0 unspecified atom stereocenters. The lowest BCUT2D eigenvalue weighted by Crippen LogP contribution is -2.47. The van der Waals surface area contributed by atoms with E-state index < -0.39 is 17.6 Å². The van der Waals surface area contributed by atoms with Crippen molar-refractivity contribution in [1.29, 1.82) is 0 Å². The zero-order valence-corrected chi connectivity index (χ0v) is 20.5. The van der Waals surface area contributed by atoms with Crippen LogP contribution in [-0.2, 0) is 7.05 Å². The van der Waals surface area contributed by atoms with Gasteiger partial charge in [0.05, 0.1) is 23.3 Å². The Labute approximate surface area is 211 Å². The minimum absolute atomic E-state index is 0.0353. The highest BCUT2D eigenvalue weighted by molar-refractivity contribution is 5.95. The number of likely N-dealkylation sites (tertiary alicyclic amines) is 1. The van der Waals surface area contributed by atoms with Crippen LogP contribution in [0, 0.1) is 31.1 Å². The van der Waals surface area contributed by atoms with Crippen molar-refractivity contribution in [3.63, 3.8) is 0 Å². The van der Waals surface area contributed by atoms with Crippen LogP contribution in [0.5, 0.6) is 0 Å². The zero-order valence-electron chi connectivity index (χ0n) is 20.5. The molecule has 190 valence electrons. The maximum absolute atomic E-state index is 15.0. The molecule has 37 heavy (non-hydrogen) atoms. The van der Waals surface area contributed by atoms with Crippen molar-refractivity contribution in [3.8, 4) is 17.1 Å². The van der Waals surface area contributed by atoms with Crippen LogP contribution in [-0.4, -0.2) is 56.3 Å². The molecule has 1 fully saturated rings. The van der Waals surface area contributed by atoms with E-state index in [1.54, 1.807) is 11.8 Å². The van der Waals surface area contributed by atoms with Crippen molar-refractivity contribution in [2.45, 2.75) is 25.8 Å². The topological polar surface area (TPSA) is 72.3 Å². The van der Waals surface area contributed by atoms with E-state index in [1.807, 2.05) is 7.05 Å². The molecule has 1 atom stereocenters. The number of hydrogen-bond acceptors (Lipinski definition) is 4. The predicted molar refractivity (Wildman–Crippen MR) is 132 cm³/mol. The first-order chi connectivity index (χ1) is 17.7. The molecule has 11 heteroatoms. The minimum atomic E-state index is -0.750. The van der Waals surface area contributed by atoms with Crippen LogP contribution in [0.25, 0.3) is 32.8 Å². The molecule has 0 spiro atoms. The van der Waals surface area contributed by atoms with Gasteiger partial charge < -0.3 is 10.2 Å². The van der Waals surface area contributed by atoms with Crippen LogP contribution in [0.4, 0.5) is 18.9 Å². The summed E-state index contributed by atoms with van der Waals surface area (Å²) in [5, 5.41) is 7.05. The van der Waals surface area contributed by atoms with E-state index in [0.29, 0.717) is 18.8 Å². The third-order valence-electron chi connectivity index (χ3n) is 6.82. The Hall–Kier alpha value is -4.17. The molecule has 1 saturated heterocycles. The summed E-state index contributed by atoms with van der Waals surface area (Å²) in [6.45, 7) is 9.85. The number of aryl methyl sites for hydroxylation is 1. The number of aromatic nitrogens is 4. The minimum Gasteiger partial charge on any atom is -0.336 e. The van der Waals surface area contributed by atoms with E-state index >= 15 is 4.39 Å². The molecule has 0 radical (unpaired) electrons. The first-order valence-electron chi connectivity index (χ1n) is 11.8. The maximum atomic E-state index is 15.0. The lowest BCUT2D eigenvalue weighted by molar-refractivity contribution is 0.0692. The van der Waals surface area contributed by atoms with Gasteiger partial charge in [0.2, 0.25) is 11.6 Å². The molecular formula is C26H24F3N7O. The smallest absolute Gasteiger partial charge is 0.274 e. The van der Waals surface area contributed by atoms with Crippen LogP contribution in [0.3, 0.4) is 0 Å². The largest absolute Gasteiger partial charge is 0.336 e. The normalized spacial score (nSPS) is 15.8. The van der Waals surface area contributed by atoms with Crippen LogP contribution < -0.4 is 5.32 Å². The Morgan fingerprint density at radius 1 is 1.19 bits per heavy atom. The molecule has 2 aromatic heterocycles. The van der Waals surface area contributed by atoms with Crippen molar-refractivity contribution in [3.05, 3.63) is 70.7 Å². The lowest BCUT2D eigenvalue weighted by atomic mass is 10.1. The molecule has 1 aliphatic heterocycles. The van der Waals surface area contributed by atoms with Gasteiger partial charge in [-0.1, -0.05) is 12.1 Å². The monoisotopic (exact) mass is 507 g/mol. The Balaban J connectivity index is 1.71. The highest BCUT2D eigenvalue weighted by atomic mass is 19.1. The number of hydrogen-bond donors (Lipinski definition) is 1. The van der Waals surface area contributed by atoms with Gasteiger partial charge in [-0.2, -0.15) is 9.49 Å². The number of halogens is 3. The highest BCUT2D eigenvalue weighted by Crippen LogP contribution is 2.32. The number of carbonyl (C=O) groups excluding carboxylic acids is 1. The van der Waals surface area contributed by atoms with E-state index in [2.05, 4.69) is 20.2 Å². The molecule has 0 saturated carbocycles. The van der Waals surface area contributed by atoms with Gasteiger partial charge in [0, 0.05) is 37.8 Å². The summed E-state index contributed by atoms with van der Waals surface area (Å²) in [6.07, 6.45) is 1.77. The fraction of sp³-hybridized carbons (Fsp3) is 0.308. The van der Waals surface area contributed by atoms with Crippen LogP contribution in [0.15, 0.2) is 30.3 Å². The zero-order chi connectivity index (χ0) is 26.4. The van der Waals surface area contributed by atoms with Crippen molar-refractivity contribution >= 4 is 22.5 Å². The summed E-state index contributed by atoms with van der Waals surface area (Å²) in [5.74, 6) is -2.35. The molecule has 1 amide bonds. The predicted octanol–water partition coefficient (Wildman–Crippen LogP) is 4.53. The Kier molecular flexibility index (Phi) is 6.21. The lowest BCUT2D eigenvalue weighted by Gasteiger charge is -2.32. The number of rotatable bonds is 4. The van der Waals surface area contributed by atoms with Gasteiger partial charge >= 0.3 is 0 Å². The molecule has 4 aromatic rings. The van der Waals surface area contributed by atoms with Crippen LogP contribution in [0.1, 0.15) is 29.0 Å².